The molecular weight excluding hydrogens is 314 g/mol. The first kappa shape index (κ1) is 15.6. The van der Waals surface area contributed by atoms with E-state index in [1.807, 2.05) is 24.3 Å². The van der Waals surface area contributed by atoms with Crippen molar-refractivity contribution in [1.29, 1.82) is 0 Å². The Kier molecular flexibility index (Phi) is 4.09. The molecular formula is C16H17N3O3S. The Balaban J connectivity index is 1.64. The van der Waals surface area contributed by atoms with Crippen LogP contribution >= 0.6 is 12.2 Å². The van der Waals surface area contributed by atoms with Crippen LogP contribution in [0.2, 0.25) is 0 Å². The van der Waals surface area contributed by atoms with Gasteiger partial charge in [0.05, 0.1) is 20.2 Å². The number of nitrogens with zero attached hydrogens (tertiary/aromatic N) is 2. The minimum Gasteiger partial charge on any atom is -0.474 e. The number of nitrogens with one attached hydrogen (secondary N) is 1. The SMILES string of the molecule is [C-]#[N+]C1(c2ccc(N3CC(CNC(=S)OC)OC3=O)cc2)CC1. The lowest BCUT2D eigenvalue weighted by molar-refractivity contribution is 0.142. The second kappa shape index (κ2) is 6.05. The third-order valence-electron chi connectivity index (χ3n) is 4.19. The first-order valence-corrected chi connectivity index (χ1v) is 7.78. The number of amides is 1. The molecule has 0 aromatic heterocycles. The van der Waals surface area contributed by atoms with Gasteiger partial charge < -0.3 is 19.6 Å². The summed E-state index contributed by atoms with van der Waals surface area (Å²) >= 11 is 4.90. The molecule has 2 aliphatic rings. The number of hydrogen-bond acceptors (Lipinski definition) is 4. The van der Waals surface area contributed by atoms with E-state index in [9.17, 15) is 4.79 Å². The fraction of sp³-hybridized carbons (Fsp3) is 0.438. The van der Waals surface area contributed by atoms with Crippen molar-refractivity contribution < 1.29 is 14.3 Å². The average Bonchev–Trinajstić information content (AvgIpc) is 3.30. The van der Waals surface area contributed by atoms with Gasteiger partial charge in [-0.05, 0) is 36.5 Å². The molecule has 1 aromatic rings. The molecule has 1 N–H and O–H groups in total. The van der Waals surface area contributed by atoms with Crippen molar-refractivity contribution >= 4 is 29.2 Å². The maximum Gasteiger partial charge on any atom is 0.414 e. The number of anilines is 1. The molecule has 23 heavy (non-hydrogen) atoms. The molecule has 1 saturated heterocycles. The number of ether oxygens (including phenoxy) is 2. The van der Waals surface area contributed by atoms with Gasteiger partial charge >= 0.3 is 6.09 Å². The normalized spacial score (nSPS) is 21.3. The van der Waals surface area contributed by atoms with Crippen molar-refractivity contribution in [1.82, 2.24) is 5.32 Å². The first-order chi connectivity index (χ1) is 11.1. The molecule has 3 rings (SSSR count). The Labute approximate surface area is 140 Å². The zero-order valence-corrected chi connectivity index (χ0v) is 13.6. The number of thiocarbonyl (C=S) groups is 1. The standard InChI is InChI=1S/C16H17N3O3S/c1-17-16(7-8-16)11-3-5-12(6-4-11)19-10-13(22-15(19)20)9-18-14(23)21-2/h3-6,13H,7-10H2,2H3,(H,18,23). The second-order valence-corrected chi connectivity index (χ2v) is 6.05. The third-order valence-corrected chi connectivity index (χ3v) is 4.50. The fourth-order valence-electron chi connectivity index (χ4n) is 2.64. The second-order valence-electron chi connectivity index (χ2n) is 5.68. The van der Waals surface area contributed by atoms with Crippen LogP contribution < -0.4 is 10.2 Å². The van der Waals surface area contributed by atoms with Gasteiger partial charge in [0.2, 0.25) is 0 Å². The summed E-state index contributed by atoms with van der Waals surface area (Å²) in [6.45, 7) is 8.15. The zero-order chi connectivity index (χ0) is 16.4. The van der Waals surface area contributed by atoms with Gasteiger partial charge in [0.1, 0.15) is 6.10 Å². The highest BCUT2D eigenvalue weighted by Gasteiger charge is 2.52. The molecule has 120 valence electrons. The summed E-state index contributed by atoms with van der Waals surface area (Å²) in [6.07, 6.45) is 1.16. The summed E-state index contributed by atoms with van der Waals surface area (Å²) in [5, 5.41) is 3.16. The summed E-state index contributed by atoms with van der Waals surface area (Å²) < 4.78 is 10.2. The fourth-order valence-corrected chi connectivity index (χ4v) is 2.73. The Hall–Kier alpha value is -2.33. The van der Waals surface area contributed by atoms with Crippen molar-refractivity contribution in [2.24, 2.45) is 0 Å². The minimum atomic E-state index is -0.376. The van der Waals surface area contributed by atoms with E-state index >= 15 is 0 Å². The van der Waals surface area contributed by atoms with Crippen molar-refractivity contribution in [3.05, 3.63) is 41.2 Å². The highest BCUT2D eigenvalue weighted by atomic mass is 32.1. The summed E-state index contributed by atoms with van der Waals surface area (Å²) in [6, 6.07) is 7.60. The molecule has 1 atom stereocenters. The quantitative estimate of drug-likeness (QED) is 0.678. The number of hydrogen-bond donors (Lipinski definition) is 1. The Morgan fingerprint density at radius 1 is 1.52 bits per heavy atom. The van der Waals surface area contributed by atoms with Crippen LogP contribution in [-0.4, -0.2) is 37.6 Å². The van der Waals surface area contributed by atoms with Crippen LogP contribution in [0.4, 0.5) is 10.5 Å². The van der Waals surface area contributed by atoms with Crippen molar-refractivity contribution in [2.45, 2.75) is 24.5 Å². The van der Waals surface area contributed by atoms with Crippen molar-refractivity contribution in [3.8, 4) is 0 Å². The van der Waals surface area contributed by atoms with E-state index in [1.54, 1.807) is 4.90 Å². The lowest BCUT2D eigenvalue weighted by atomic mass is 10.1. The van der Waals surface area contributed by atoms with Crippen LogP contribution in [0.5, 0.6) is 0 Å². The molecule has 1 aliphatic heterocycles. The predicted octanol–water partition coefficient (Wildman–Crippen LogP) is 2.44. The van der Waals surface area contributed by atoms with Gasteiger partial charge in [0.25, 0.3) is 10.7 Å². The number of cyclic esters (lactones) is 1. The number of benzene rings is 1. The molecule has 1 aliphatic carbocycles. The number of carbonyl (C=O) groups excluding carboxylic acids is 1. The summed E-state index contributed by atoms with van der Waals surface area (Å²) in [4.78, 5) is 17.3. The third kappa shape index (κ3) is 3.08. The molecule has 1 heterocycles. The highest BCUT2D eigenvalue weighted by molar-refractivity contribution is 7.80. The lowest BCUT2D eigenvalue weighted by Gasteiger charge is -2.14. The summed E-state index contributed by atoms with van der Waals surface area (Å²) in [5.74, 6) is 0. The Morgan fingerprint density at radius 3 is 2.78 bits per heavy atom. The Bertz CT molecular complexity index is 664. The largest absolute Gasteiger partial charge is 0.474 e. The predicted molar refractivity (Wildman–Crippen MR) is 89.2 cm³/mol. The topological polar surface area (TPSA) is 55.2 Å². The van der Waals surface area contributed by atoms with Crippen LogP contribution in [0.15, 0.2) is 24.3 Å². The van der Waals surface area contributed by atoms with E-state index < -0.39 is 0 Å². The monoisotopic (exact) mass is 331 g/mol. The smallest absolute Gasteiger partial charge is 0.414 e. The molecule has 7 heteroatoms. The molecule has 6 nitrogen and oxygen atoms in total. The van der Waals surface area contributed by atoms with Crippen LogP contribution in [0, 0.1) is 6.57 Å². The number of methoxy groups -OCH3 is 1. The van der Waals surface area contributed by atoms with Crippen molar-refractivity contribution in [3.63, 3.8) is 0 Å². The molecule has 0 spiro atoms. The van der Waals surface area contributed by atoms with Gasteiger partial charge in [0.15, 0.2) is 0 Å². The van der Waals surface area contributed by atoms with Gasteiger partial charge in [0, 0.05) is 24.1 Å². The lowest BCUT2D eigenvalue weighted by Crippen LogP contribution is -2.34. The Morgan fingerprint density at radius 2 is 2.22 bits per heavy atom. The molecule has 1 aromatic carbocycles. The highest BCUT2D eigenvalue weighted by Crippen LogP contribution is 2.49. The first-order valence-electron chi connectivity index (χ1n) is 7.37. The number of rotatable bonds is 4. The molecule has 0 radical (unpaired) electrons. The zero-order valence-electron chi connectivity index (χ0n) is 12.7. The van der Waals surface area contributed by atoms with E-state index in [-0.39, 0.29) is 22.9 Å². The maximum atomic E-state index is 12.0. The van der Waals surface area contributed by atoms with Crippen LogP contribution in [-0.2, 0) is 15.0 Å². The summed E-state index contributed by atoms with van der Waals surface area (Å²) in [5.41, 5.74) is 1.47. The molecule has 0 bridgehead atoms. The van der Waals surface area contributed by atoms with Crippen LogP contribution in [0.1, 0.15) is 18.4 Å². The van der Waals surface area contributed by atoms with E-state index in [1.165, 1.54) is 7.11 Å². The molecule has 1 amide bonds. The van der Waals surface area contributed by atoms with Gasteiger partial charge in [-0.2, -0.15) is 0 Å². The molecule has 1 saturated carbocycles. The van der Waals surface area contributed by atoms with Crippen LogP contribution in [0.25, 0.3) is 4.85 Å². The van der Waals surface area contributed by atoms with Gasteiger partial charge in [-0.3, -0.25) is 4.90 Å². The van der Waals surface area contributed by atoms with Gasteiger partial charge in [-0.15, -0.1) is 0 Å². The molecule has 1 unspecified atom stereocenters. The average molecular weight is 331 g/mol. The molecule has 2 fully saturated rings. The van der Waals surface area contributed by atoms with E-state index in [2.05, 4.69) is 10.2 Å². The van der Waals surface area contributed by atoms with Crippen molar-refractivity contribution in [2.75, 3.05) is 25.1 Å². The van der Waals surface area contributed by atoms with Gasteiger partial charge in [-0.25, -0.2) is 11.4 Å². The van der Waals surface area contributed by atoms with E-state index in [0.717, 1.165) is 24.1 Å². The van der Waals surface area contributed by atoms with E-state index in [4.69, 9.17) is 28.3 Å². The van der Waals surface area contributed by atoms with Crippen LogP contribution in [0.3, 0.4) is 0 Å². The van der Waals surface area contributed by atoms with E-state index in [0.29, 0.717) is 13.1 Å². The maximum absolute atomic E-state index is 12.0. The van der Waals surface area contributed by atoms with Gasteiger partial charge in [-0.1, -0.05) is 0 Å². The minimum absolute atomic E-state index is 0.276. The number of carbonyl (C=O) groups is 1. The summed E-state index contributed by atoms with van der Waals surface area (Å²) in [7, 11) is 1.49.